The summed E-state index contributed by atoms with van der Waals surface area (Å²) in [5, 5.41) is 11.8. The molecule has 0 spiro atoms. The highest BCUT2D eigenvalue weighted by atomic mass is 32.1. The predicted octanol–water partition coefficient (Wildman–Crippen LogP) is 2.85. The number of nitrogens with one attached hydrogen (secondary N) is 1. The molecule has 4 nitrogen and oxygen atoms in total. The Morgan fingerprint density at radius 2 is 2.05 bits per heavy atom. The van der Waals surface area contributed by atoms with Crippen LogP contribution in [0.2, 0.25) is 0 Å². The fraction of sp³-hybridized carbons (Fsp3) is 0.571. The van der Waals surface area contributed by atoms with Gasteiger partial charge in [-0.1, -0.05) is 27.2 Å². The van der Waals surface area contributed by atoms with Crippen molar-refractivity contribution in [3.63, 3.8) is 0 Å². The van der Waals surface area contributed by atoms with Gasteiger partial charge in [-0.25, -0.2) is 4.79 Å². The molecule has 1 amide bonds. The normalized spacial score (nSPS) is 13.9. The average molecular weight is 283 g/mol. The lowest BCUT2D eigenvalue weighted by Crippen LogP contribution is -2.44. The smallest absolute Gasteiger partial charge is 0.326 e. The first-order chi connectivity index (χ1) is 8.90. The van der Waals surface area contributed by atoms with Crippen LogP contribution < -0.4 is 5.32 Å². The summed E-state index contributed by atoms with van der Waals surface area (Å²) in [5.74, 6) is -1.36. The zero-order chi connectivity index (χ0) is 14.6. The molecule has 0 aromatic carbocycles. The van der Waals surface area contributed by atoms with Crippen molar-refractivity contribution in [3.8, 4) is 0 Å². The molecule has 0 unspecified atom stereocenters. The number of hydrogen-bond donors (Lipinski definition) is 2. The lowest BCUT2D eigenvalue weighted by molar-refractivity contribution is -0.140. The maximum Gasteiger partial charge on any atom is 0.326 e. The van der Waals surface area contributed by atoms with Crippen LogP contribution in [0.25, 0.3) is 0 Å². The molecule has 0 bridgehead atoms. The van der Waals surface area contributed by atoms with Crippen molar-refractivity contribution in [3.05, 3.63) is 21.4 Å². The van der Waals surface area contributed by atoms with Gasteiger partial charge in [0.15, 0.2) is 0 Å². The second-order valence-electron chi connectivity index (χ2n) is 4.72. The summed E-state index contributed by atoms with van der Waals surface area (Å²) in [6, 6.07) is 1.02. The number of amides is 1. The van der Waals surface area contributed by atoms with Crippen LogP contribution in [0, 0.1) is 12.8 Å². The predicted molar refractivity (Wildman–Crippen MR) is 76.8 cm³/mol. The van der Waals surface area contributed by atoms with Gasteiger partial charge in [-0.05, 0) is 30.9 Å². The number of carbonyl (C=O) groups excluding carboxylic acids is 1. The molecule has 0 radical (unpaired) electrons. The van der Waals surface area contributed by atoms with E-state index < -0.39 is 12.0 Å². The van der Waals surface area contributed by atoms with Gasteiger partial charge < -0.3 is 10.4 Å². The van der Waals surface area contributed by atoms with Gasteiger partial charge in [0.2, 0.25) is 0 Å². The molecule has 0 saturated heterocycles. The number of rotatable bonds is 6. The summed E-state index contributed by atoms with van der Waals surface area (Å²) in [4.78, 5) is 25.0. The second kappa shape index (κ2) is 6.70. The SMILES string of the molecule is CCc1cc(C(=O)N[C@H](C(=O)O)[C@@H](C)CC)sc1C. The Hall–Kier alpha value is -1.36. The Morgan fingerprint density at radius 3 is 2.47 bits per heavy atom. The molecular formula is C14H21NO3S. The van der Waals surface area contributed by atoms with Crippen LogP contribution in [0.3, 0.4) is 0 Å². The van der Waals surface area contributed by atoms with Crippen molar-refractivity contribution in [2.45, 2.75) is 46.6 Å². The third-order valence-corrected chi connectivity index (χ3v) is 4.48. The van der Waals surface area contributed by atoms with Crippen molar-refractivity contribution < 1.29 is 14.7 Å². The number of aryl methyl sites for hydroxylation is 2. The van der Waals surface area contributed by atoms with Crippen LogP contribution >= 0.6 is 11.3 Å². The topological polar surface area (TPSA) is 66.4 Å². The largest absolute Gasteiger partial charge is 0.480 e. The Balaban J connectivity index is 2.84. The molecule has 0 fully saturated rings. The van der Waals surface area contributed by atoms with Crippen molar-refractivity contribution in [2.24, 2.45) is 5.92 Å². The van der Waals surface area contributed by atoms with Crippen molar-refractivity contribution in [2.75, 3.05) is 0 Å². The van der Waals surface area contributed by atoms with Crippen LogP contribution in [-0.2, 0) is 11.2 Å². The van der Waals surface area contributed by atoms with Crippen molar-refractivity contribution in [1.29, 1.82) is 0 Å². The summed E-state index contributed by atoms with van der Waals surface area (Å²) in [5.41, 5.74) is 1.14. The van der Waals surface area contributed by atoms with Gasteiger partial charge in [-0.15, -0.1) is 11.3 Å². The highest BCUT2D eigenvalue weighted by molar-refractivity contribution is 7.14. The van der Waals surface area contributed by atoms with E-state index in [1.807, 2.05) is 33.8 Å². The van der Waals surface area contributed by atoms with E-state index in [-0.39, 0.29) is 11.8 Å². The van der Waals surface area contributed by atoms with E-state index in [2.05, 4.69) is 5.32 Å². The zero-order valence-electron chi connectivity index (χ0n) is 11.8. The van der Waals surface area contributed by atoms with E-state index >= 15 is 0 Å². The zero-order valence-corrected chi connectivity index (χ0v) is 12.6. The fourth-order valence-corrected chi connectivity index (χ4v) is 2.90. The minimum atomic E-state index is -0.980. The number of carboxylic acids is 1. The lowest BCUT2D eigenvalue weighted by atomic mass is 9.99. The maximum absolute atomic E-state index is 12.1. The van der Waals surface area contributed by atoms with E-state index in [9.17, 15) is 9.59 Å². The Labute approximate surface area is 117 Å². The Kier molecular flexibility index (Phi) is 5.54. The van der Waals surface area contributed by atoms with Crippen LogP contribution in [0.4, 0.5) is 0 Å². The molecule has 0 saturated carbocycles. The standard InChI is InChI=1S/C14H21NO3S/c1-5-8(3)12(14(17)18)15-13(16)11-7-10(6-2)9(4)19-11/h7-8,12H,5-6H2,1-4H3,(H,15,16)(H,17,18)/t8-,12-/m0/s1. The molecule has 5 heteroatoms. The van der Waals surface area contributed by atoms with Crippen LogP contribution in [-0.4, -0.2) is 23.0 Å². The van der Waals surface area contributed by atoms with E-state index in [0.29, 0.717) is 11.3 Å². The van der Waals surface area contributed by atoms with Gasteiger partial charge in [0.05, 0.1) is 4.88 Å². The van der Waals surface area contributed by atoms with E-state index in [4.69, 9.17) is 5.11 Å². The summed E-state index contributed by atoms with van der Waals surface area (Å²) in [6.07, 6.45) is 1.59. The maximum atomic E-state index is 12.1. The number of carbonyl (C=O) groups is 2. The van der Waals surface area contributed by atoms with Gasteiger partial charge in [-0.3, -0.25) is 4.79 Å². The molecule has 2 atom stereocenters. The molecule has 0 aliphatic rings. The first-order valence-corrected chi connectivity index (χ1v) is 7.35. The molecule has 1 aromatic rings. The number of carboxylic acid groups (broad SMARTS) is 1. The monoisotopic (exact) mass is 283 g/mol. The molecule has 19 heavy (non-hydrogen) atoms. The quantitative estimate of drug-likeness (QED) is 0.843. The highest BCUT2D eigenvalue weighted by Gasteiger charge is 2.26. The number of aliphatic carboxylic acids is 1. The van der Waals surface area contributed by atoms with E-state index in [0.717, 1.165) is 16.9 Å². The Bertz CT molecular complexity index is 467. The average Bonchev–Trinajstić information content (AvgIpc) is 2.75. The summed E-state index contributed by atoms with van der Waals surface area (Å²) < 4.78 is 0. The van der Waals surface area contributed by atoms with Gasteiger partial charge >= 0.3 is 5.97 Å². The molecular weight excluding hydrogens is 262 g/mol. The molecule has 1 rings (SSSR count). The van der Waals surface area contributed by atoms with Gasteiger partial charge in [-0.2, -0.15) is 0 Å². The second-order valence-corrected chi connectivity index (χ2v) is 5.98. The van der Waals surface area contributed by atoms with E-state index in [1.165, 1.54) is 11.3 Å². The molecule has 1 heterocycles. The minimum absolute atomic E-state index is 0.0897. The van der Waals surface area contributed by atoms with Gasteiger partial charge in [0.1, 0.15) is 6.04 Å². The first-order valence-electron chi connectivity index (χ1n) is 6.53. The number of hydrogen-bond acceptors (Lipinski definition) is 3. The summed E-state index contributed by atoms with van der Waals surface area (Å²) in [6.45, 7) is 7.76. The molecule has 106 valence electrons. The summed E-state index contributed by atoms with van der Waals surface area (Å²) >= 11 is 1.42. The third kappa shape index (κ3) is 3.80. The molecule has 0 aliphatic heterocycles. The van der Waals surface area contributed by atoms with Crippen molar-refractivity contribution >= 4 is 23.2 Å². The minimum Gasteiger partial charge on any atom is -0.480 e. The Morgan fingerprint density at radius 1 is 1.42 bits per heavy atom. The van der Waals surface area contributed by atoms with Crippen LogP contribution in [0.1, 0.15) is 47.3 Å². The van der Waals surface area contributed by atoms with Gasteiger partial charge in [0.25, 0.3) is 5.91 Å². The molecule has 0 aliphatic carbocycles. The van der Waals surface area contributed by atoms with Gasteiger partial charge in [0, 0.05) is 4.88 Å². The number of thiophene rings is 1. The lowest BCUT2D eigenvalue weighted by Gasteiger charge is -2.19. The fourth-order valence-electron chi connectivity index (χ4n) is 1.88. The molecule has 2 N–H and O–H groups in total. The highest BCUT2D eigenvalue weighted by Crippen LogP contribution is 2.22. The first kappa shape index (κ1) is 15.7. The van der Waals surface area contributed by atoms with Crippen LogP contribution in [0.15, 0.2) is 6.07 Å². The van der Waals surface area contributed by atoms with Crippen LogP contribution in [0.5, 0.6) is 0 Å². The molecule has 1 aromatic heterocycles. The van der Waals surface area contributed by atoms with E-state index in [1.54, 1.807) is 0 Å². The third-order valence-electron chi connectivity index (χ3n) is 3.39. The summed E-state index contributed by atoms with van der Waals surface area (Å²) in [7, 11) is 0. The van der Waals surface area contributed by atoms with Crippen molar-refractivity contribution in [1.82, 2.24) is 5.32 Å².